The summed E-state index contributed by atoms with van der Waals surface area (Å²) in [6.45, 7) is 1.13. The third-order valence-corrected chi connectivity index (χ3v) is 5.47. The van der Waals surface area contributed by atoms with Gasteiger partial charge in [-0.1, -0.05) is 18.2 Å². The number of hydrogen-bond donors (Lipinski definition) is 1. The summed E-state index contributed by atoms with van der Waals surface area (Å²) in [5, 5.41) is 2.95. The van der Waals surface area contributed by atoms with Gasteiger partial charge in [0.25, 0.3) is 17.7 Å². The number of pyridine rings is 1. The van der Waals surface area contributed by atoms with Crippen LogP contribution in [0.3, 0.4) is 0 Å². The van der Waals surface area contributed by atoms with Crippen LogP contribution in [0.2, 0.25) is 0 Å². The van der Waals surface area contributed by atoms with Gasteiger partial charge in [-0.05, 0) is 37.1 Å². The lowest BCUT2D eigenvalue weighted by molar-refractivity contribution is -0.122. The number of carbonyl (C=O) groups excluding carboxylic acids is 4. The molecule has 0 atom stereocenters. The first-order chi connectivity index (χ1) is 14.5. The average molecular weight is 406 g/mol. The average Bonchev–Trinajstić information content (AvgIpc) is 3.03. The summed E-state index contributed by atoms with van der Waals surface area (Å²) in [5.74, 6) is -1.03. The fourth-order valence-electron chi connectivity index (χ4n) is 3.83. The summed E-state index contributed by atoms with van der Waals surface area (Å²) in [4.78, 5) is 56.4. The van der Waals surface area contributed by atoms with Gasteiger partial charge in [0.05, 0.1) is 11.1 Å². The molecule has 2 aliphatic rings. The number of piperidine rings is 1. The van der Waals surface area contributed by atoms with Crippen molar-refractivity contribution in [2.75, 3.05) is 19.6 Å². The van der Waals surface area contributed by atoms with Crippen LogP contribution in [0.25, 0.3) is 0 Å². The number of carbonyl (C=O) groups is 4. The van der Waals surface area contributed by atoms with Gasteiger partial charge in [-0.15, -0.1) is 0 Å². The number of rotatable bonds is 5. The smallest absolute Gasteiger partial charge is 0.272 e. The van der Waals surface area contributed by atoms with Crippen LogP contribution in [-0.2, 0) is 4.79 Å². The molecule has 1 saturated heterocycles. The van der Waals surface area contributed by atoms with Crippen LogP contribution in [0.4, 0.5) is 0 Å². The molecular formula is C22H22N4O4. The highest BCUT2D eigenvalue weighted by atomic mass is 16.2. The molecule has 8 nitrogen and oxygen atoms in total. The van der Waals surface area contributed by atoms with Crippen molar-refractivity contribution in [1.29, 1.82) is 0 Å². The molecule has 0 radical (unpaired) electrons. The molecule has 4 rings (SSSR count). The molecule has 0 unspecified atom stereocenters. The summed E-state index contributed by atoms with van der Waals surface area (Å²) in [6, 6.07) is 11.9. The maximum Gasteiger partial charge on any atom is 0.272 e. The predicted molar refractivity (Wildman–Crippen MR) is 108 cm³/mol. The van der Waals surface area contributed by atoms with Crippen molar-refractivity contribution in [1.82, 2.24) is 20.1 Å². The van der Waals surface area contributed by atoms with Crippen molar-refractivity contribution in [3.63, 3.8) is 0 Å². The zero-order chi connectivity index (χ0) is 21.1. The molecule has 3 heterocycles. The highest BCUT2D eigenvalue weighted by Gasteiger charge is 2.35. The van der Waals surface area contributed by atoms with Gasteiger partial charge in [0.1, 0.15) is 5.69 Å². The van der Waals surface area contributed by atoms with Gasteiger partial charge in [0, 0.05) is 38.3 Å². The quantitative estimate of drug-likeness (QED) is 0.759. The van der Waals surface area contributed by atoms with Crippen molar-refractivity contribution < 1.29 is 19.2 Å². The first kappa shape index (κ1) is 19.8. The van der Waals surface area contributed by atoms with Gasteiger partial charge in [-0.3, -0.25) is 29.1 Å². The van der Waals surface area contributed by atoms with E-state index in [1.165, 1.54) is 0 Å². The number of imide groups is 1. The molecule has 2 aromatic rings. The minimum absolute atomic E-state index is 0.0348. The van der Waals surface area contributed by atoms with Gasteiger partial charge < -0.3 is 10.2 Å². The molecule has 30 heavy (non-hydrogen) atoms. The Morgan fingerprint density at radius 2 is 1.60 bits per heavy atom. The Balaban J connectivity index is 1.24. The number of nitrogens with one attached hydrogen (secondary N) is 1. The van der Waals surface area contributed by atoms with E-state index in [2.05, 4.69) is 10.3 Å². The molecule has 1 N–H and O–H groups in total. The van der Waals surface area contributed by atoms with Crippen molar-refractivity contribution in [3.8, 4) is 0 Å². The monoisotopic (exact) mass is 406 g/mol. The summed E-state index contributed by atoms with van der Waals surface area (Å²) < 4.78 is 0. The maximum atomic E-state index is 12.4. The van der Waals surface area contributed by atoms with Gasteiger partial charge >= 0.3 is 0 Å². The second-order valence-electron chi connectivity index (χ2n) is 7.41. The standard InChI is InChI=1S/C22H22N4O4/c27-19(10-14-26-20(28)16-5-1-2-6-17(16)21(26)29)24-15-8-12-25(13-9-15)22(30)18-7-3-4-11-23-18/h1-7,11,15H,8-10,12-14H2,(H,24,27). The lowest BCUT2D eigenvalue weighted by atomic mass is 10.0. The number of benzene rings is 1. The number of aromatic nitrogens is 1. The van der Waals surface area contributed by atoms with Crippen molar-refractivity contribution in [2.45, 2.75) is 25.3 Å². The molecule has 1 fully saturated rings. The lowest BCUT2D eigenvalue weighted by Crippen LogP contribution is -2.47. The van der Waals surface area contributed by atoms with Crippen LogP contribution in [0.1, 0.15) is 50.5 Å². The first-order valence-electron chi connectivity index (χ1n) is 9.99. The second kappa shape index (κ2) is 8.44. The topological polar surface area (TPSA) is 99.7 Å². The fourth-order valence-corrected chi connectivity index (χ4v) is 3.83. The summed E-state index contributed by atoms with van der Waals surface area (Å²) in [6.07, 6.45) is 2.95. The Morgan fingerprint density at radius 3 is 2.20 bits per heavy atom. The van der Waals surface area contributed by atoms with E-state index >= 15 is 0 Å². The van der Waals surface area contributed by atoms with Crippen molar-refractivity contribution >= 4 is 23.6 Å². The molecule has 0 spiro atoms. The molecule has 154 valence electrons. The van der Waals surface area contributed by atoms with E-state index < -0.39 is 0 Å². The Hall–Kier alpha value is -3.55. The first-order valence-corrected chi connectivity index (χ1v) is 9.99. The van der Waals surface area contributed by atoms with Crippen molar-refractivity contribution in [3.05, 3.63) is 65.5 Å². The van der Waals surface area contributed by atoms with Crippen LogP contribution in [-0.4, -0.2) is 64.1 Å². The Kier molecular flexibility index (Phi) is 5.56. The molecule has 0 bridgehead atoms. The number of likely N-dealkylation sites (tertiary alicyclic amines) is 1. The van der Waals surface area contributed by atoms with Crippen LogP contribution in [0, 0.1) is 0 Å². The highest BCUT2D eigenvalue weighted by Crippen LogP contribution is 2.22. The molecule has 0 saturated carbocycles. The van der Waals surface area contributed by atoms with Crippen LogP contribution in [0.5, 0.6) is 0 Å². The molecule has 2 aliphatic heterocycles. The minimum Gasteiger partial charge on any atom is -0.353 e. The molecule has 0 aliphatic carbocycles. The molecule has 4 amide bonds. The van der Waals surface area contributed by atoms with Crippen LogP contribution >= 0.6 is 0 Å². The van der Waals surface area contributed by atoms with E-state index in [4.69, 9.17) is 0 Å². The number of hydrogen-bond acceptors (Lipinski definition) is 5. The Morgan fingerprint density at radius 1 is 0.967 bits per heavy atom. The van der Waals surface area contributed by atoms with E-state index in [1.807, 2.05) is 0 Å². The largest absolute Gasteiger partial charge is 0.353 e. The Labute approximate surface area is 173 Å². The van der Waals surface area contributed by atoms with E-state index in [1.54, 1.807) is 53.6 Å². The zero-order valence-electron chi connectivity index (χ0n) is 16.4. The minimum atomic E-state index is -0.357. The van der Waals surface area contributed by atoms with E-state index in [-0.39, 0.29) is 42.6 Å². The second-order valence-corrected chi connectivity index (χ2v) is 7.41. The maximum absolute atomic E-state index is 12.4. The van der Waals surface area contributed by atoms with Gasteiger partial charge in [0.2, 0.25) is 5.91 Å². The van der Waals surface area contributed by atoms with Gasteiger partial charge in [0.15, 0.2) is 0 Å². The van der Waals surface area contributed by atoms with Crippen LogP contribution < -0.4 is 5.32 Å². The Bertz CT molecular complexity index is 949. The van der Waals surface area contributed by atoms with E-state index in [0.717, 1.165) is 4.90 Å². The molecule has 1 aromatic carbocycles. The molecule has 1 aromatic heterocycles. The van der Waals surface area contributed by atoms with Crippen molar-refractivity contribution in [2.24, 2.45) is 0 Å². The van der Waals surface area contributed by atoms with Gasteiger partial charge in [-0.2, -0.15) is 0 Å². The molecule has 8 heteroatoms. The summed E-state index contributed by atoms with van der Waals surface area (Å²) in [7, 11) is 0. The number of amides is 4. The summed E-state index contributed by atoms with van der Waals surface area (Å²) >= 11 is 0. The number of nitrogens with zero attached hydrogens (tertiary/aromatic N) is 3. The van der Waals surface area contributed by atoms with E-state index in [9.17, 15) is 19.2 Å². The fraction of sp³-hybridized carbons (Fsp3) is 0.318. The van der Waals surface area contributed by atoms with Gasteiger partial charge in [-0.25, -0.2) is 0 Å². The third-order valence-electron chi connectivity index (χ3n) is 5.47. The zero-order valence-corrected chi connectivity index (χ0v) is 16.4. The number of fused-ring (bicyclic) bond motifs is 1. The normalized spacial score (nSPS) is 16.5. The van der Waals surface area contributed by atoms with Crippen LogP contribution in [0.15, 0.2) is 48.7 Å². The predicted octanol–water partition coefficient (Wildman–Crippen LogP) is 1.49. The SMILES string of the molecule is O=C(CCN1C(=O)c2ccccc2C1=O)NC1CCN(C(=O)c2ccccn2)CC1. The lowest BCUT2D eigenvalue weighted by Gasteiger charge is -2.32. The third kappa shape index (κ3) is 3.94. The molecular weight excluding hydrogens is 384 g/mol. The summed E-state index contributed by atoms with van der Waals surface area (Å²) in [5.41, 5.74) is 1.18. The highest BCUT2D eigenvalue weighted by molar-refractivity contribution is 6.21. The van der Waals surface area contributed by atoms with E-state index in [0.29, 0.717) is 42.8 Å².